The van der Waals surface area contributed by atoms with Crippen LogP contribution in [0.25, 0.3) is 0 Å². The third kappa shape index (κ3) is 2.94. The van der Waals surface area contributed by atoms with Crippen LogP contribution in [0.4, 0.5) is 22.7 Å². The summed E-state index contributed by atoms with van der Waals surface area (Å²) in [5.74, 6) is 0. The van der Waals surface area contributed by atoms with Gasteiger partial charge in [-0.05, 0) is 46.5 Å². The summed E-state index contributed by atoms with van der Waals surface area (Å²) in [6, 6.07) is 35.7. The highest BCUT2D eigenvalue weighted by molar-refractivity contribution is 5.80. The van der Waals surface area contributed by atoms with E-state index in [1.807, 2.05) is 0 Å². The molecule has 2 heteroatoms. The predicted octanol–water partition coefficient (Wildman–Crippen LogP) is 7.94. The average Bonchev–Trinajstić information content (AvgIpc) is 2.86. The Kier molecular flexibility index (Phi) is 4.64. The standard InChI is InChI=1S/C32H32N2/c1-31(2)23-13-5-9-17-27(23)33(28-18-10-6-14-24(28)31)21-22-34-29-19-11-7-15-25(29)32(3,4)26-16-8-12-20-30(26)34/h5-20H,21-22H2,1-4H3. The molecule has 0 aliphatic carbocycles. The topological polar surface area (TPSA) is 6.48 Å². The molecule has 0 fully saturated rings. The van der Waals surface area contributed by atoms with Crippen molar-refractivity contribution in [3.05, 3.63) is 119 Å². The zero-order valence-corrected chi connectivity index (χ0v) is 20.5. The Morgan fingerprint density at radius 2 is 0.647 bits per heavy atom. The van der Waals surface area contributed by atoms with Gasteiger partial charge in [0.15, 0.2) is 0 Å². The van der Waals surface area contributed by atoms with Gasteiger partial charge in [-0.15, -0.1) is 0 Å². The minimum atomic E-state index is -0.0158. The van der Waals surface area contributed by atoms with Crippen molar-refractivity contribution in [1.82, 2.24) is 0 Å². The van der Waals surface area contributed by atoms with Crippen LogP contribution in [0, 0.1) is 0 Å². The van der Waals surface area contributed by atoms with E-state index >= 15 is 0 Å². The van der Waals surface area contributed by atoms with E-state index in [0.29, 0.717) is 0 Å². The molecule has 6 rings (SSSR count). The van der Waals surface area contributed by atoms with E-state index in [1.54, 1.807) is 0 Å². The second kappa shape index (κ2) is 7.50. The van der Waals surface area contributed by atoms with Gasteiger partial charge in [0, 0.05) is 46.7 Å². The van der Waals surface area contributed by atoms with Gasteiger partial charge in [0.1, 0.15) is 0 Å². The molecule has 34 heavy (non-hydrogen) atoms. The molecule has 0 aromatic heterocycles. The van der Waals surface area contributed by atoms with E-state index < -0.39 is 0 Å². The molecule has 0 N–H and O–H groups in total. The van der Waals surface area contributed by atoms with E-state index in [0.717, 1.165) is 13.1 Å². The molecule has 2 nitrogen and oxygen atoms in total. The molecule has 0 spiro atoms. The molecule has 0 saturated carbocycles. The summed E-state index contributed by atoms with van der Waals surface area (Å²) in [4.78, 5) is 5.06. The largest absolute Gasteiger partial charge is 0.339 e. The molecule has 4 aromatic carbocycles. The van der Waals surface area contributed by atoms with Crippen LogP contribution in [-0.2, 0) is 10.8 Å². The summed E-state index contributed by atoms with van der Waals surface area (Å²) >= 11 is 0. The maximum absolute atomic E-state index is 2.53. The van der Waals surface area contributed by atoms with Crippen molar-refractivity contribution in [3.63, 3.8) is 0 Å². The normalized spacial score (nSPS) is 16.8. The number of anilines is 4. The SMILES string of the molecule is CC1(C)c2ccccc2N(CCN2c3ccccc3C(C)(C)c3ccccc32)c2ccccc21. The second-order valence-electron chi connectivity index (χ2n) is 10.6. The van der Waals surface area contributed by atoms with Crippen LogP contribution in [0.3, 0.4) is 0 Å². The van der Waals surface area contributed by atoms with Crippen LogP contribution in [0.1, 0.15) is 49.9 Å². The van der Waals surface area contributed by atoms with Gasteiger partial charge in [-0.3, -0.25) is 0 Å². The number of hydrogen-bond donors (Lipinski definition) is 0. The molecule has 0 bridgehead atoms. The van der Waals surface area contributed by atoms with Gasteiger partial charge in [-0.1, -0.05) is 100 Å². The Balaban J connectivity index is 1.44. The van der Waals surface area contributed by atoms with E-state index in [2.05, 4.69) is 135 Å². The zero-order valence-electron chi connectivity index (χ0n) is 20.5. The van der Waals surface area contributed by atoms with Crippen molar-refractivity contribution in [2.75, 3.05) is 22.9 Å². The van der Waals surface area contributed by atoms with Gasteiger partial charge in [-0.2, -0.15) is 0 Å². The fourth-order valence-electron chi connectivity index (χ4n) is 6.18. The summed E-state index contributed by atoms with van der Waals surface area (Å²) in [6.45, 7) is 11.2. The number of benzene rings is 4. The summed E-state index contributed by atoms with van der Waals surface area (Å²) in [6.07, 6.45) is 0. The maximum Gasteiger partial charge on any atom is 0.0452 e. The highest BCUT2D eigenvalue weighted by Gasteiger charge is 2.38. The van der Waals surface area contributed by atoms with E-state index in [1.165, 1.54) is 45.0 Å². The monoisotopic (exact) mass is 444 g/mol. The molecule has 0 unspecified atom stereocenters. The first kappa shape index (κ1) is 21.0. The van der Waals surface area contributed by atoms with Gasteiger partial charge in [-0.25, -0.2) is 0 Å². The third-order valence-electron chi connectivity index (χ3n) is 8.02. The molecule has 0 saturated heterocycles. The number of nitrogens with zero attached hydrogens (tertiary/aromatic N) is 2. The lowest BCUT2D eigenvalue weighted by Crippen LogP contribution is -2.39. The highest BCUT2D eigenvalue weighted by Crippen LogP contribution is 2.50. The van der Waals surface area contributed by atoms with Crippen LogP contribution < -0.4 is 9.80 Å². The first-order chi connectivity index (χ1) is 16.4. The Morgan fingerprint density at radius 3 is 0.912 bits per heavy atom. The Morgan fingerprint density at radius 1 is 0.412 bits per heavy atom. The van der Waals surface area contributed by atoms with Crippen molar-refractivity contribution >= 4 is 22.7 Å². The fourth-order valence-corrected chi connectivity index (χ4v) is 6.18. The van der Waals surface area contributed by atoms with Crippen molar-refractivity contribution in [1.29, 1.82) is 0 Å². The van der Waals surface area contributed by atoms with Gasteiger partial charge in [0.2, 0.25) is 0 Å². The lowest BCUT2D eigenvalue weighted by Gasteiger charge is -2.45. The molecule has 0 radical (unpaired) electrons. The van der Waals surface area contributed by atoms with Gasteiger partial charge in [0.05, 0.1) is 0 Å². The molecular weight excluding hydrogens is 412 g/mol. The van der Waals surface area contributed by atoms with Crippen LogP contribution in [0.15, 0.2) is 97.1 Å². The van der Waals surface area contributed by atoms with Crippen molar-refractivity contribution in [3.8, 4) is 0 Å². The van der Waals surface area contributed by atoms with Gasteiger partial charge < -0.3 is 9.80 Å². The summed E-state index contributed by atoms with van der Waals surface area (Å²) in [7, 11) is 0. The molecule has 0 amide bonds. The predicted molar refractivity (Wildman–Crippen MR) is 144 cm³/mol. The van der Waals surface area contributed by atoms with Crippen molar-refractivity contribution in [2.24, 2.45) is 0 Å². The number of hydrogen-bond acceptors (Lipinski definition) is 2. The number of rotatable bonds is 3. The van der Waals surface area contributed by atoms with E-state index in [-0.39, 0.29) is 10.8 Å². The Labute approximate surface area is 203 Å². The quantitative estimate of drug-likeness (QED) is 0.316. The van der Waals surface area contributed by atoms with Crippen LogP contribution in [0.2, 0.25) is 0 Å². The van der Waals surface area contributed by atoms with Crippen LogP contribution in [0.5, 0.6) is 0 Å². The Bertz CT molecular complexity index is 1180. The van der Waals surface area contributed by atoms with Crippen molar-refractivity contribution < 1.29 is 0 Å². The molecule has 4 aromatic rings. The molecule has 0 atom stereocenters. The first-order valence-electron chi connectivity index (χ1n) is 12.3. The lowest BCUT2D eigenvalue weighted by atomic mass is 9.73. The van der Waals surface area contributed by atoms with Gasteiger partial charge in [0.25, 0.3) is 0 Å². The molecule has 2 heterocycles. The Hall–Kier alpha value is -3.52. The first-order valence-corrected chi connectivity index (χ1v) is 12.3. The summed E-state index contributed by atoms with van der Waals surface area (Å²) in [5, 5.41) is 0. The van der Waals surface area contributed by atoms with Gasteiger partial charge >= 0.3 is 0 Å². The number of para-hydroxylation sites is 4. The molecular formula is C32H32N2. The number of fused-ring (bicyclic) bond motifs is 4. The van der Waals surface area contributed by atoms with Crippen LogP contribution in [-0.4, -0.2) is 13.1 Å². The van der Waals surface area contributed by atoms with Crippen molar-refractivity contribution in [2.45, 2.75) is 38.5 Å². The fraction of sp³-hybridized carbons (Fsp3) is 0.250. The van der Waals surface area contributed by atoms with E-state index in [9.17, 15) is 0 Å². The zero-order chi connectivity index (χ0) is 23.5. The second-order valence-corrected chi connectivity index (χ2v) is 10.6. The molecule has 170 valence electrons. The smallest absolute Gasteiger partial charge is 0.0452 e. The maximum atomic E-state index is 2.53. The average molecular weight is 445 g/mol. The minimum Gasteiger partial charge on any atom is -0.339 e. The third-order valence-corrected chi connectivity index (χ3v) is 8.02. The lowest BCUT2D eigenvalue weighted by molar-refractivity contribution is 0.616. The summed E-state index contributed by atoms with van der Waals surface area (Å²) < 4.78 is 0. The molecule has 2 aliphatic heterocycles. The van der Waals surface area contributed by atoms with E-state index in [4.69, 9.17) is 0 Å². The minimum absolute atomic E-state index is 0.0158. The summed E-state index contributed by atoms with van der Waals surface area (Å²) in [5.41, 5.74) is 10.9. The molecule has 2 aliphatic rings. The van der Waals surface area contributed by atoms with Crippen LogP contribution >= 0.6 is 0 Å². The highest BCUT2D eigenvalue weighted by atomic mass is 15.2.